The third kappa shape index (κ3) is 4.13. The fourth-order valence-corrected chi connectivity index (χ4v) is 2.17. The molecule has 0 spiro atoms. The van der Waals surface area contributed by atoms with E-state index < -0.39 is 0 Å². The number of rotatable bonds is 5. The average molecular weight is 303 g/mol. The van der Waals surface area contributed by atoms with Gasteiger partial charge in [-0.15, -0.1) is 11.3 Å². The van der Waals surface area contributed by atoms with Crippen molar-refractivity contribution in [2.24, 2.45) is 5.92 Å². The Balaban J connectivity index is 2.06. The van der Waals surface area contributed by atoms with Crippen LogP contribution in [0.5, 0.6) is 0 Å². The second-order valence-electron chi connectivity index (χ2n) is 4.67. The summed E-state index contributed by atoms with van der Waals surface area (Å²) in [5, 5.41) is 7.86. The van der Waals surface area contributed by atoms with E-state index in [1.54, 1.807) is 35.8 Å². The standard InChI is InChI=1S/C15H17N3O2S/c1-3-10(2)13(19)17-12-6-4-5-11(9-12)14(20)18-15-16-7-8-21-15/h4-10H,3H2,1-2H3,(H,17,19)(H,16,18,20)/t10-/m0/s1. The lowest BCUT2D eigenvalue weighted by atomic mass is 10.1. The van der Waals surface area contributed by atoms with Crippen molar-refractivity contribution in [2.45, 2.75) is 20.3 Å². The maximum atomic E-state index is 12.1. The summed E-state index contributed by atoms with van der Waals surface area (Å²) in [5.41, 5.74) is 1.10. The monoisotopic (exact) mass is 303 g/mol. The fraction of sp³-hybridized carbons (Fsp3) is 0.267. The first-order valence-electron chi connectivity index (χ1n) is 6.72. The van der Waals surface area contributed by atoms with Crippen molar-refractivity contribution < 1.29 is 9.59 Å². The number of hydrogen-bond acceptors (Lipinski definition) is 4. The second-order valence-corrected chi connectivity index (χ2v) is 5.57. The van der Waals surface area contributed by atoms with Crippen molar-refractivity contribution in [3.05, 3.63) is 41.4 Å². The molecule has 1 heterocycles. The largest absolute Gasteiger partial charge is 0.326 e. The van der Waals surface area contributed by atoms with E-state index in [9.17, 15) is 9.59 Å². The van der Waals surface area contributed by atoms with Crippen molar-refractivity contribution in [1.82, 2.24) is 4.98 Å². The summed E-state index contributed by atoms with van der Waals surface area (Å²) in [4.78, 5) is 27.9. The highest BCUT2D eigenvalue weighted by Gasteiger charge is 2.12. The predicted octanol–water partition coefficient (Wildman–Crippen LogP) is 3.38. The van der Waals surface area contributed by atoms with Gasteiger partial charge in [-0.2, -0.15) is 0 Å². The maximum Gasteiger partial charge on any atom is 0.257 e. The molecule has 2 N–H and O–H groups in total. The van der Waals surface area contributed by atoms with E-state index in [4.69, 9.17) is 0 Å². The smallest absolute Gasteiger partial charge is 0.257 e. The van der Waals surface area contributed by atoms with E-state index >= 15 is 0 Å². The van der Waals surface area contributed by atoms with Gasteiger partial charge in [0.25, 0.3) is 5.91 Å². The summed E-state index contributed by atoms with van der Waals surface area (Å²) in [5.74, 6) is -0.350. The molecule has 0 saturated carbocycles. The molecule has 110 valence electrons. The van der Waals surface area contributed by atoms with Gasteiger partial charge in [-0.25, -0.2) is 4.98 Å². The predicted molar refractivity (Wildman–Crippen MR) is 84.6 cm³/mol. The number of nitrogens with zero attached hydrogens (tertiary/aromatic N) is 1. The molecule has 5 nitrogen and oxygen atoms in total. The van der Waals surface area contributed by atoms with E-state index in [0.29, 0.717) is 16.4 Å². The zero-order valence-electron chi connectivity index (χ0n) is 11.9. The zero-order valence-corrected chi connectivity index (χ0v) is 12.7. The number of anilines is 2. The second kappa shape index (κ2) is 6.99. The Morgan fingerprint density at radius 3 is 2.81 bits per heavy atom. The number of thiazole rings is 1. The van der Waals surface area contributed by atoms with Gasteiger partial charge in [-0.3, -0.25) is 14.9 Å². The van der Waals surface area contributed by atoms with Crippen molar-refractivity contribution in [1.29, 1.82) is 0 Å². The van der Waals surface area contributed by atoms with E-state index in [1.807, 2.05) is 13.8 Å². The molecular formula is C15H17N3O2S. The first kappa shape index (κ1) is 15.2. The lowest BCUT2D eigenvalue weighted by molar-refractivity contribution is -0.119. The summed E-state index contributed by atoms with van der Waals surface area (Å²) in [6.45, 7) is 3.83. The van der Waals surface area contributed by atoms with Crippen LogP contribution in [0.15, 0.2) is 35.8 Å². The van der Waals surface area contributed by atoms with Crippen LogP contribution < -0.4 is 10.6 Å². The van der Waals surface area contributed by atoms with Crippen LogP contribution in [0.2, 0.25) is 0 Å². The first-order chi connectivity index (χ1) is 10.1. The number of hydrogen-bond donors (Lipinski definition) is 2. The highest BCUT2D eigenvalue weighted by Crippen LogP contribution is 2.16. The number of benzene rings is 1. The molecule has 2 aromatic rings. The quantitative estimate of drug-likeness (QED) is 0.889. The van der Waals surface area contributed by atoms with Crippen molar-refractivity contribution >= 4 is 34.0 Å². The van der Waals surface area contributed by atoms with Crippen molar-refractivity contribution in [3.8, 4) is 0 Å². The van der Waals surface area contributed by atoms with Crippen LogP contribution in [0.25, 0.3) is 0 Å². The summed E-state index contributed by atoms with van der Waals surface area (Å²) >= 11 is 1.35. The summed E-state index contributed by atoms with van der Waals surface area (Å²) in [7, 11) is 0. The molecule has 2 rings (SSSR count). The van der Waals surface area contributed by atoms with Gasteiger partial charge in [-0.05, 0) is 24.6 Å². The third-order valence-corrected chi connectivity index (χ3v) is 3.79. The number of carbonyl (C=O) groups is 2. The summed E-state index contributed by atoms with van der Waals surface area (Å²) < 4.78 is 0. The Kier molecular flexibility index (Phi) is 5.05. The minimum Gasteiger partial charge on any atom is -0.326 e. The number of carbonyl (C=O) groups excluding carboxylic acids is 2. The molecule has 0 fully saturated rings. The SMILES string of the molecule is CC[C@H](C)C(=O)Nc1cccc(C(=O)Nc2nccs2)c1. The Morgan fingerprint density at radius 1 is 1.33 bits per heavy atom. The Morgan fingerprint density at radius 2 is 2.14 bits per heavy atom. The third-order valence-electron chi connectivity index (χ3n) is 3.11. The maximum absolute atomic E-state index is 12.1. The van der Waals surface area contributed by atoms with Crippen LogP contribution in [0.1, 0.15) is 30.6 Å². The van der Waals surface area contributed by atoms with E-state index in [-0.39, 0.29) is 17.7 Å². The molecule has 0 aliphatic rings. The lowest BCUT2D eigenvalue weighted by Gasteiger charge is -2.10. The molecule has 2 amide bonds. The highest BCUT2D eigenvalue weighted by molar-refractivity contribution is 7.13. The molecule has 0 unspecified atom stereocenters. The van der Waals surface area contributed by atoms with Crippen molar-refractivity contribution in [3.63, 3.8) is 0 Å². The van der Waals surface area contributed by atoms with E-state index in [0.717, 1.165) is 6.42 Å². The zero-order chi connectivity index (χ0) is 15.2. The van der Waals surface area contributed by atoms with Crippen LogP contribution in [-0.4, -0.2) is 16.8 Å². The molecular weight excluding hydrogens is 286 g/mol. The van der Waals surface area contributed by atoms with Gasteiger partial charge < -0.3 is 5.32 Å². The summed E-state index contributed by atoms with van der Waals surface area (Å²) in [6, 6.07) is 6.86. The molecule has 1 aromatic heterocycles. The van der Waals surface area contributed by atoms with E-state index in [1.165, 1.54) is 11.3 Å². The topological polar surface area (TPSA) is 71.1 Å². The van der Waals surface area contributed by atoms with Gasteiger partial charge in [0.05, 0.1) is 0 Å². The molecule has 21 heavy (non-hydrogen) atoms. The molecule has 6 heteroatoms. The molecule has 0 aliphatic heterocycles. The number of amides is 2. The van der Waals surface area contributed by atoms with Crippen LogP contribution in [0.3, 0.4) is 0 Å². The fourth-order valence-electron chi connectivity index (χ4n) is 1.64. The van der Waals surface area contributed by atoms with Gasteiger partial charge in [0.1, 0.15) is 0 Å². The minimum absolute atomic E-state index is 0.0463. The first-order valence-corrected chi connectivity index (χ1v) is 7.60. The van der Waals surface area contributed by atoms with Crippen molar-refractivity contribution in [2.75, 3.05) is 10.6 Å². The summed E-state index contributed by atoms with van der Waals surface area (Å²) in [6.07, 6.45) is 2.40. The van der Waals surface area contributed by atoms with Crippen LogP contribution in [0.4, 0.5) is 10.8 Å². The lowest BCUT2D eigenvalue weighted by Crippen LogP contribution is -2.20. The van der Waals surface area contributed by atoms with Crippen LogP contribution in [0, 0.1) is 5.92 Å². The molecule has 0 aliphatic carbocycles. The average Bonchev–Trinajstić information content (AvgIpc) is 2.99. The van der Waals surface area contributed by atoms with Gasteiger partial charge in [0.15, 0.2) is 5.13 Å². The molecule has 0 bridgehead atoms. The normalized spacial score (nSPS) is 11.7. The number of nitrogens with one attached hydrogen (secondary N) is 2. The van der Waals surface area contributed by atoms with Gasteiger partial charge in [0.2, 0.25) is 5.91 Å². The van der Waals surface area contributed by atoms with Gasteiger partial charge in [-0.1, -0.05) is 19.9 Å². The molecule has 1 aromatic carbocycles. The van der Waals surface area contributed by atoms with Gasteiger partial charge >= 0.3 is 0 Å². The minimum atomic E-state index is -0.246. The van der Waals surface area contributed by atoms with Crippen LogP contribution >= 0.6 is 11.3 Å². The highest BCUT2D eigenvalue weighted by atomic mass is 32.1. The number of aromatic nitrogens is 1. The molecule has 1 atom stereocenters. The Labute approximate surface area is 127 Å². The molecule has 0 saturated heterocycles. The molecule has 0 radical (unpaired) electrons. The van der Waals surface area contributed by atoms with Gasteiger partial charge in [0, 0.05) is 28.7 Å². The van der Waals surface area contributed by atoms with E-state index in [2.05, 4.69) is 15.6 Å². The van der Waals surface area contributed by atoms with Crippen LogP contribution in [-0.2, 0) is 4.79 Å². The Hall–Kier alpha value is -2.21. The Bertz CT molecular complexity index is 626.